The van der Waals surface area contributed by atoms with Crippen molar-refractivity contribution in [2.24, 2.45) is 0 Å². The number of nitrogens with zero attached hydrogens (tertiary/aromatic N) is 1. The Balaban J connectivity index is 2.24. The van der Waals surface area contributed by atoms with Crippen molar-refractivity contribution in [3.8, 4) is 0 Å². The lowest BCUT2D eigenvalue weighted by molar-refractivity contribution is -0.384. The van der Waals surface area contributed by atoms with Crippen LogP contribution in [0.25, 0.3) is 0 Å². The minimum atomic E-state index is -0.546. The molecule has 20 heavy (non-hydrogen) atoms. The minimum Gasteiger partial charge on any atom is -0.321 e. The van der Waals surface area contributed by atoms with Gasteiger partial charge in [0.15, 0.2) is 0 Å². The molecule has 0 aliphatic rings. The molecule has 2 rings (SSSR count). The summed E-state index contributed by atoms with van der Waals surface area (Å²) in [5.74, 6) is -0.445. The highest BCUT2D eigenvalue weighted by atomic mass is 35.5. The highest BCUT2D eigenvalue weighted by Crippen LogP contribution is 2.23. The van der Waals surface area contributed by atoms with E-state index in [0.717, 1.165) is 5.56 Å². The van der Waals surface area contributed by atoms with Crippen LogP contribution in [-0.4, -0.2) is 10.8 Å². The predicted molar refractivity (Wildman–Crippen MR) is 77.2 cm³/mol. The molecule has 1 N–H and O–H groups in total. The zero-order chi connectivity index (χ0) is 14.7. The van der Waals surface area contributed by atoms with Crippen LogP contribution in [0.15, 0.2) is 42.5 Å². The molecule has 0 aliphatic carbocycles. The zero-order valence-corrected chi connectivity index (χ0v) is 11.3. The van der Waals surface area contributed by atoms with Crippen LogP contribution in [0.1, 0.15) is 15.9 Å². The molecule has 0 aliphatic heterocycles. The fourth-order valence-electron chi connectivity index (χ4n) is 1.68. The van der Waals surface area contributed by atoms with Crippen molar-refractivity contribution in [3.05, 3.63) is 68.7 Å². The van der Waals surface area contributed by atoms with E-state index in [-0.39, 0.29) is 11.3 Å². The van der Waals surface area contributed by atoms with Crippen LogP contribution >= 0.6 is 11.6 Å². The third kappa shape index (κ3) is 3.13. The van der Waals surface area contributed by atoms with Gasteiger partial charge in [-0.3, -0.25) is 14.9 Å². The Morgan fingerprint density at radius 3 is 2.65 bits per heavy atom. The third-order valence-corrected chi connectivity index (χ3v) is 3.00. The van der Waals surface area contributed by atoms with E-state index in [1.54, 1.807) is 12.1 Å². The summed E-state index contributed by atoms with van der Waals surface area (Å²) >= 11 is 6.02. The van der Waals surface area contributed by atoms with Gasteiger partial charge in [-0.1, -0.05) is 23.7 Å². The summed E-state index contributed by atoms with van der Waals surface area (Å²) in [6.45, 7) is 1.89. The largest absolute Gasteiger partial charge is 0.321 e. The molecule has 0 spiro atoms. The number of halogens is 1. The lowest BCUT2D eigenvalue weighted by atomic mass is 10.1. The van der Waals surface area contributed by atoms with Crippen LogP contribution in [0.2, 0.25) is 5.02 Å². The van der Waals surface area contributed by atoms with E-state index in [1.165, 1.54) is 24.3 Å². The van der Waals surface area contributed by atoms with E-state index < -0.39 is 10.8 Å². The monoisotopic (exact) mass is 290 g/mol. The fraction of sp³-hybridized carbons (Fsp3) is 0.0714. The zero-order valence-electron chi connectivity index (χ0n) is 10.6. The molecule has 0 heterocycles. The topological polar surface area (TPSA) is 72.2 Å². The van der Waals surface area contributed by atoms with Crippen LogP contribution < -0.4 is 5.32 Å². The van der Waals surface area contributed by atoms with Gasteiger partial charge in [-0.05, 0) is 30.7 Å². The highest BCUT2D eigenvalue weighted by molar-refractivity contribution is 6.34. The summed E-state index contributed by atoms with van der Waals surface area (Å²) in [6, 6.07) is 10.7. The molecule has 6 heteroatoms. The first kappa shape index (κ1) is 14.0. The molecule has 0 saturated heterocycles. The van der Waals surface area contributed by atoms with Gasteiger partial charge in [-0.15, -0.1) is 0 Å². The lowest BCUT2D eigenvalue weighted by Crippen LogP contribution is -2.12. The highest BCUT2D eigenvalue weighted by Gasteiger charge is 2.12. The number of nitro groups is 1. The number of amides is 1. The third-order valence-electron chi connectivity index (χ3n) is 2.69. The number of benzene rings is 2. The second-order valence-corrected chi connectivity index (χ2v) is 4.65. The number of carbonyl (C=O) groups excluding carboxylic acids is 1. The number of carbonyl (C=O) groups is 1. The van der Waals surface area contributed by atoms with Crippen molar-refractivity contribution in [1.29, 1.82) is 0 Å². The Bertz CT molecular complexity index is 686. The SMILES string of the molecule is Cc1ccc(NC(=O)c2cccc([N+](=O)[O-])c2)c(Cl)c1. The minimum absolute atomic E-state index is 0.132. The Labute approximate surface area is 120 Å². The fourth-order valence-corrected chi connectivity index (χ4v) is 1.96. The van der Waals surface area contributed by atoms with Crippen molar-refractivity contribution in [2.75, 3.05) is 5.32 Å². The normalized spacial score (nSPS) is 10.1. The molecule has 2 aromatic rings. The van der Waals surface area contributed by atoms with Gasteiger partial charge < -0.3 is 5.32 Å². The second kappa shape index (κ2) is 5.71. The standard InChI is InChI=1S/C14H11ClN2O3/c1-9-5-6-13(12(15)7-9)16-14(18)10-3-2-4-11(8-10)17(19)20/h2-8H,1H3,(H,16,18). The molecule has 0 fully saturated rings. The molecule has 0 aromatic heterocycles. The molecule has 0 bridgehead atoms. The molecule has 102 valence electrons. The average molecular weight is 291 g/mol. The van der Waals surface area contributed by atoms with Crippen LogP contribution in [-0.2, 0) is 0 Å². The van der Waals surface area contributed by atoms with Crippen molar-refractivity contribution in [3.63, 3.8) is 0 Å². The molecule has 1 amide bonds. The summed E-state index contributed by atoms with van der Waals surface area (Å²) in [4.78, 5) is 22.2. The summed E-state index contributed by atoms with van der Waals surface area (Å²) < 4.78 is 0. The molecular formula is C14H11ClN2O3. The van der Waals surface area contributed by atoms with Gasteiger partial charge in [-0.25, -0.2) is 0 Å². The van der Waals surface area contributed by atoms with Gasteiger partial charge in [0.05, 0.1) is 15.6 Å². The number of nitrogens with one attached hydrogen (secondary N) is 1. The van der Waals surface area contributed by atoms with Crippen LogP contribution in [0.3, 0.4) is 0 Å². The number of non-ortho nitro benzene ring substituents is 1. The average Bonchev–Trinajstić information content (AvgIpc) is 2.42. The number of nitro benzene ring substituents is 1. The first-order chi connectivity index (χ1) is 9.47. The maximum Gasteiger partial charge on any atom is 0.270 e. The number of hydrogen-bond donors (Lipinski definition) is 1. The number of rotatable bonds is 3. The Kier molecular flexibility index (Phi) is 4.00. The van der Waals surface area contributed by atoms with Crippen molar-refractivity contribution < 1.29 is 9.72 Å². The maximum atomic E-state index is 12.0. The van der Waals surface area contributed by atoms with Gasteiger partial charge in [0.25, 0.3) is 11.6 Å². The van der Waals surface area contributed by atoms with E-state index in [2.05, 4.69) is 5.32 Å². The van der Waals surface area contributed by atoms with E-state index in [0.29, 0.717) is 10.7 Å². The Morgan fingerprint density at radius 2 is 2.00 bits per heavy atom. The van der Waals surface area contributed by atoms with E-state index in [1.807, 2.05) is 13.0 Å². The summed E-state index contributed by atoms with van der Waals surface area (Å²) in [6.07, 6.45) is 0. The Hall–Kier alpha value is -2.40. The van der Waals surface area contributed by atoms with E-state index >= 15 is 0 Å². The first-order valence-electron chi connectivity index (χ1n) is 5.79. The van der Waals surface area contributed by atoms with Gasteiger partial charge in [0.1, 0.15) is 0 Å². The molecule has 2 aromatic carbocycles. The molecule has 0 saturated carbocycles. The van der Waals surface area contributed by atoms with Gasteiger partial charge in [0.2, 0.25) is 0 Å². The van der Waals surface area contributed by atoms with Crippen molar-refractivity contribution in [2.45, 2.75) is 6.92 Å². The van der Waals surface area contributed by atoms with Crippen LogP contribution in [0, 0.1) is 17.0 Å². The second-order valence-electron chi connectivity index (χ2n) is 4.24. The van der Waals surface area contributed by atoms with Crippen LogP contribution in [0.5, 0.6) is 0 Å². The summed E-state index contributed by atoms with van der Waals surface area (Å²) in [5, 5.41) is 13.7. The summed E-state index contributed by atoms with van der Waals surface area (Å²) in [5.41, 5.74) is 1.51. The van der Waals surface area contributed by atoms with Gasteiger partial charge in [0, 0.05) is 17.7 Å². The van der Waals surface area contributed by atoms with Crippen molar-refractivity contribution >= 4 is 28.9 Å². The molecule has 0 unspecified atom stereocenters. The molecule has 0 radical (unpaired) electrons. The number of anilines is 1. The van der Waals surface area contributed by atoms with E-state index in [4.69, 9.17) is 11.6 Å². The number of hydrogen-bond acceptors (Lipinski definition) is 3. The predicted octanol–water partition coefficient (Wildman–Crippen LogP) is 3.81. The maximum absolute atomic E-state index is 12.0. The lowest BCUT2D eigenvalue weighted by Gasteiger charge is -2.07. The van der Waals surface area contributed by atoms with Crippen molar-refractivity contribution in [1.82, 2.24) is 0 Å². The molecular weight excluding hydrogens is 280 g/mol. The Morgan fingerprint density at radius 1 is 1.25 bits per heavy atom. The van der Waals surface area contributed by atoms with Gasteiger partial charge >= 0.3 is 0 Å². The summed E-state index contributed by atoms with van der Waals surface area (Å²) in [7, 11) is 0. The molecule has 0 atom stereocenters. The van der Waals surface area contributed by atoms with Crippen LogP contribution in [0.4, 0.5) is 11.4 Å². The number of aryl methyl sites for hydroxylation is 1. The van der Waals surface area contributed by atoms with E-state index in [9.17, 15) is 14.9 Å². The first-order valence-corrected chi connectivity index (χ1v) is 6.17. The smallest absolute Gasteiger partial charge is 0.270 e. The van der Waals surface area contributed by atoms with Gasteiger partial charge in [-0.2, -0.15) is 0 Å². The molecule has 5 nitrogen and oxygen atoms in total. The quantitative estimate of drug-likeness (QED) is 0.690.